The molecule has 3 rings (SSSR count). The minimum atomic E-state index is -0.0601. The summed E-state index contributed by atoms with van der Waals surface area (Å²) in [6.07, 6.45) is 1.35. The third-order valence-electron chi connectivity index (χ3n) is 5.08. The monoisotopic (exact) mass is 367 g/mol. The third kappa shape index (κ3) is 4.22. The number of urea groups is 1. The van der Waals surface area contributed by atoms with Crippen molar-refractivity contribution in [3.8, 4) is 5.75 Å². The van der Waals surface area contributed by atoms with Gasteiger partial charge in [0.2, 0.25) is 0 Å². The molecule has 0 unspecified atom stereocenters. The number of nitrogen functional groups attached to an aromatic ring is 1. The Balaban J connectivity index is 1.58. The molecular formula is C21H25N3O3. The number of ether oxygens (including phenoxy) is 1. The number of Topliss-reactive ketones (excluding diaryl/α,β-unsaturated/α-hetero) is 1. The molecule has 27 heavy (non-hydrogen) atoms. The Kier molecular flexibility index (Phi) is 5.64. The molecule has 1 saturated heterocycles. The summed E-state index contributed by atoms with van der Waals surface area (Å²) < 4.78 is 5.13. The second-order valence-corrected chi connectivity index (χ2v) is 6.79. The number of carbonyl (C=O) groups is 2. The molecule has 0 aliphatic carbocycles. The Labute approximate surface area is 159 Å². The molecular weight excluding hydrogens is 342 g/mol. The normalized spacial score (nSPS) is 14.7. The third-order valence-corrected chi connectivity index (χ3v) is 5.08. The zero-order valence-corrected chi connectivity index (χ0v) is 15.7. The Hall–Kier alpha value is -3.02. The number of hydrogen-bond donors (Lipinski definition) is 1. The van der Waals surface area contributed by atoms with Crippen molar-refractivity contribution in [2.24, 2.45) is 5.92 Å². The van der Waals surface area contributed by atoms with Crippen LogP contribution in [0.15, 0.2) is 48.5 Å². The van der Waals surface area contributed by atoms with E-state index in [0.717, 1.165) is 11.4 Å². The fourth-order valence-corrected chi connectivity index (χ4v) is 3.34. The van der Waals surface area contributed by atoms with Crippen LogP contribution < -0.4 is 15.4 Å². The Morgan fingerprint density at radius 2 is 1.63 bits per heavy atom. The molecule has 142 valence electrons. The number of methoxy groups -OCH3 is 1. The Morgan fingerprint density at radius 1 is 1.04 bits per heavy atom. The predicted octanol–water partition coefficient (Wildman–Crippen LogP) is 3.43. The maximum atomic E-state index is 12.7. The molecule has 2 amide bonds. The summed E-state index contributed by atoms with van der Waals surface area (Å²) in [5, 5.41) is 0. The van der Waals surface area contributed by atoms with Crippen LogP contribution in [0.25, 0.3) is 0 Å². The highest BCUT2D eigenvalue weighted by molar-refractivity contribution is 5.98. The van der Waals surface area contributed by atoms with E-state index in [0.29, 0.717) is 37.2 Å². The maximum Gasteiger partial charge on any atom is 0.324 e. The van der Waals surface area contributed by atoms with Gasteiger partial charge < -0.3 is 15.4 Å². The highest BCUT2D eigenvalue weighted by Crippen LogP contribution is 2.25. The van der Waals surface area contributed by atoms with Gasteiger partial charge in [0.1, 0.15) is 5.75 Å². The fourth-order valence-electron chi connectivity index (χ4n) is 3.34. The number of hydrogen-bond acceptors (Lipinski definition) is 4. The number of piperidine rings is 1. The van der Waals surface area contributed by atoms with Crippen LogP contribution in [0.2, 0.25) is 0 Å². The van der Waals surface area contributed by atoms with Crippen LogP contribution in [0.4, 0.5) is 16.2 Å². The maximum absolute atomic E-state index is 12.7. The minimum absolute atomic E-state index is 0.0516. The molecule has 1 fully saturated rings. The summed E-state index contributed by atoms with van der Waals surface area (Å²) in [5.74, 6) is 0.818. The molecule has 1 aliphatic rings. The number of nitrogens with two attached hydrogens (primary N) is 1. The lowest BCUT2D eigenvalue weighted by atomic mass is 9.89. The van der Waals surface area contributed by atoms with Gasteiger partial charge >= 0.3 is 6.03 Å². The molecule has 0 bridgehead atoms. The average molecular weight is 367 g/mol. The van der Waals surface area contributed by atoms with Gasteiger partial charge in [0, 0.05) is 43.0 Å². The molecule has 0 atom stereocenters. The van der Waals surface area contributed by atoms with Crippen molar-refractivity contribution < 1.29 is 14.3 Å². The Bertz CT molecular complexity index is 794. The highest BCUT2D eigenvalue weighted by atomic mass is 16.5. The lowest BCUT2D eigenvalue weighted by Gasteiger charge is -2.34. The quantitative estimate of drug-likeness (QED) is 0.663. The van der Waals surface area contributed by atoms with Gasteiger partial charge in [-0.15, -0.1) is 0 Å². The zero-order valence-electron chi connectivity index (χ0n) is 15.7. The largest absolute Gasteiger partial charge is 0.497 e. The number of benzene rings is 2. The van der Waals surface area contributed by atoms with Gasteiger partial charge in [-0.2, -0.15) is 0 Å². The van der Waals surface area contributed by atoms with Crippen molar-refractivity contribution in [1.82, 2.24) is 4.90 Å². The van der Waals surface area contributed by atoms with E-state index in [2.05, 4.69) is 0 Å². The van der Waals surface area contributed by atoms with Crippen molar-refractivity contribution in [1.29, 1.82) is 0 Å². The lowest BCUT2D eigenvalue weighted by Crippen LogP contribution is -2.46. The van der Waals surface area contributed by atoms with Gasteiger partial charge in [0.05, 0.1) is 7.11 Å². The number of rotatable bonds is 4. The van der Waals surface area contributed by atoms with Gasteiger partial charge in [0.25, 0.3) is 0 Å². The van der Waals surface area contributed by atoms with Gasteiger partial charge in [-0.3, -0.25) is 9.69 Å². The van der Waals surface area contributed by atoms with E-state index in [-0.39, 0.29) is 17.7 Å². The van der Waals surface area contributed by atoms with E-state index in [1.54, 1.807) is 60.4 Å². The summed E-state index contributed by atoms with van der Waals surface area (Å²) in [5.41, 5.74) is 7.86. The lowest BCUT2D eigenvalue weighted by molar-refractivity contribution is 0.0857. The van der Waals surface area contributed by atoms with Gasteiger partial charge in [0.15, 0.2) is 5.78 Å². The van der Waals surface area contributed by atoms with Crippen molar-refractivity contribution in [2.45, 2.75) is 12.8 Å². The molecule has 0 spiro atoms. The zero-order chi connectivity index (χ0) is 19.4. The van der Waals surface area contributed by atoms with Crippen LogP contribution in [-0.2, 0) is 0 Å². The number of anilines is 2. The number of likely N-dealkylation sites (tertiary alicyclic amines) is 1. The molecule has 6 heteroatoms. The molecule has 0 radical (unpaired) electrons. The SMILES string of the molecule is COc1ccc(C(=O)C2CCN(C(=O)N(C)c3ccc(N)cc3)CC2)cc1. The number of amides is 2. The van der Waals surface area contributed by atoms with Crippen LogP contribution in [0.3, 0.4) is 0 Å². The highest BCUT2D eigenvalue weighted by Gasteiger charge is 2.29. The molecule has 2 aromatic carbocycles. The van der Waals surface area contributed by atoms with E-state index >= 15 is 0 Å². The average Bonchev–Trinajstić information content (AvgIpc) is 2.73. The summed E-state index contributed by atoms with van der Waals surface area (Å²) >= 11 is 0. The first-order valence-electron chi connectivity index (χ1n) is 9.06. The second kappa shape index (κ2) is 8.12. The van der Waals surface area contributed by atoms with E-state index in [4.69, 9.17) is 10.5 Å². The molecule has 0 saturated carbocycles. The summed E-state index contributed by atoms with van der Waals surface area (Å²) in [7, 11) is 3.35. The first-order chi connectivity index (χ1) is 13.0. The topological polar surface area (TPSA) is 75.9 Å². The number of ketones is 1. The van der Waals surface area contributed by atoms with E-state index in [9.17, 15) is 9.59 Å². The smallest absolute Gasteiger partial charge is 0.324 e. The summed E-state index contributed by atoms with van der Waals surface area (Å²) in [4.78, 5) is 28.8. The molecule has 2 N–H and O–H groups in total. The van der Waals surface area contributed by atoms with Crippen LogP contribution in [0, 0.1) is 5.92 Å². The second-order valence-electron chi connectivity index (χ2n) is 6.79. The van der Waals surface area contributed by atoms with E-state index < -0.39 is 0 Å². The molecule has 1 heterocycles. The molecule has 2 aromatic rings. The fraction of sp³-hybridized carbons (Fsp3) is 0.333. The van der Waals surface area contributed by atoms with Gasteiger partial charge in [-0.1, -0.05) is 0 Å². The standard InChI is InChI=1S/C21H25N3O3/c1-23(18-7-5-17(22)6-8-18)21(26)24-13-11-16(12-14-24)20(25)15-3-9-19(27-2)10-4-15/h3-10,16H,11-14,22H2,1-2H3. The molecule has 1 aliphatic heterocycles. The summed E-state index contributed by atoms with van der Waals surface area (Å²) in [6, 6.07) is 14.3. The van der Waals surface area contributed by atoms with E-state index in [1.165, 1.54) is 0 Å². The van der Waals surface area contributed by atoms with Crippen LogP contribution in [0.5, 0.6) is 5.75 Å². The van der Waals surface area contributed by atoms with Crippen LogP contribution in [-0.4, -0.2) is 44.0 Å². The first-order valence-corrected chi connectivity index (χ1v) is 9.06. The van der Waals surface area contributed by atoms with Crippen molar-refractivity contribution >= 4 is 23.2 Å². The predicted molar refractivity (Wildman–Crippen MR) is 106 cm³/mol. The van der Waals surface area contributed by atoms with Gasteiger partial charge in [-0.05, 0) is 61.4 Å². The minimum Gasteiger partial charge on any atom is -0.497 e. The number of carbonyl (C=O) groups excluding carboxylic acids is 2. The van der Waals surface area contributed by atoms with E-state index in [1.807, 2.05) is 12.1 Å². The van der Waals surface area contributed by atoms with Gasteiger partial charge in [-0.25, -0.2) is 4.79 Å². The van der Waals surface area contributed by atoms with Crippen molar-refractivity contribution in [3.05, 3.63) is 54.1 Å². The van der Waals surface area contributed by atoms with Crippen molar-refractivity contribution in [2.75, 3.05) is 37.9 Å². The van der Waals surface area contributed by atoms with Crippen LogP contribution in [0.1, 0.15) is 23.2 Å². The Morgan fingerprint density at radius 3 is 2.19 bits per heavy atom. The summed E-state index contributed by atoms with van der Waals surface area (Å²) in [6.45, 7) is 1.15. The van der Waals surface area contributed by atoms with Crippen LogP contribution >= 0.6 is 0 Å². The number of nitrogens with zero attached hydrogens (tertiary/aromatic N) is 2. The molecule has 0 aromatic heterocycles. The first kappa shape index (κ1) is 18.8. The molecule has 6 nitrogen and oxygen atoms in total. The van der Waals surface area contributed by atoms with Crippen molar-refractivity contribution in [3.63, 3.8) is 0 Å².